The molecule has 0 fully saturated rings. The van der Waals surface area contributed by atoms with Crippen LogP contribution in [0.4, 0.5) is 0 Å². The Hall–Kier alpha value is -0.315. The third-order valence-corrected chi connectivity index (χ3v) is 0.627. The molecule has 0 aliphatic carbocycles. The molecule has 0 aliphatic heterocycles. The van der Waals surface area contributed by atoms with Crippen LogP contribution < -0.4 is 5.73 Å². The van der Waals surface area contributed by atoms with E-state index in [1.54, 1.807) is 0 Å². The van der Waals surface area contributed by atoms with Gasteiger partial charge in [-0.25, -0.2) is 0 Å². The summed E-state index contributed by atoms with van der Waals surface area (Å²) in [5.41, 5.74) is 5.19. The SMILES string of the molecule is C=C(CN)B(O)O. The zero-order valence-corrected chi connectivity index (χ0v) is 3.96. The van der Waals surface area contributed by atoms with Gasteiger partial charge in [0.2, 0.25) is 0 Å². The molecule has 0 atom stereocenters. The minimum Gasteiger partial charge on any atom is -0.423 e. The van der Waals surface area contributed by atoms with E-state index in [1.165, 1.54) is 0 Å². The number of rotatable bonds is 2. The first-order valence-electron chi connectivity index (χ1n) is 1.92. The predicted molar refractivity (Wildman–Crippen MR) is 28.4 cm³/mol. The van der Waals surface area contributed by atoms with Crippen molar-refractivity contribution in [2.75, 3.05) is 6.54 Å². The van der Waals surface area contributed by atoms with Crippen molar-refractivity contribution >= 4 is 7.12 Å². The van der Waals surface area contributed by atoms with Crippen LogP contribution in [0.2, 0.25) is 0 Å². The molecule has 0 bridgehead atoms. The summed E-state index contributed by atoms with van der Waals surface area (Å²) < 4.78 is 0. The summed E-state index contributed by atoms with van der Waals surface area (Å²) >= 11 is 0. The lowest BCUT2D eigenvalue weighted by Gasteiger charge is -1.95. The van der Waals surface area contributed by atoms with E-state index in [1.807, 2.05) is 0 Å². The van der Waals surface area contributed by atoms with E-state index in [0.29, 0.717) is 0 Å². The fourth-order valence-electron chi connectivity index (χ4n) is 0.105. The van der Waals surface area contributed by atoms with Gasteiger partial charge in [0, 0.05) is 6.54 Å². The first-order valence-corrected chi connectivity index (χ1v) is 1.92. The van der Waals surface area contributed by atoms with Crippen LogP contribution in [0, 0.1) is 0 Å². The first-order chi connectivity index (χ1) is 3.18. The van der Waals surface area contributed by atoms with Crippen LogP contribution in [-0.2, 0) is 0 Å². The van der Waals surface area contributed by atoms with E-state index in [2.05, 4.69) is 6.58 Å². The molecule has 3 nitrogen and oxygen atoms in total. The molecule has 0 heterocycles. The lowest BCUT2D eigenvalue weighted by molar-refractivity contribution is 0.418. The zero-order valence-electron chi connectivity index (χ0n) is 3.96. The second kappa shape index (κ2) is 2.79. The fraction of sp³-hybridized carbons (Fsp3) is 0.333. The van der Waals surface area contributed by atoms with Crippen molar-refractivity contribution in [2.45, 2.75) is 0 Å². The average molecular weight is 101 g/mol. The molecule has 4 N–H and O–H groups in total. The Morgan fingerprint density at radius 2 is 2.14 bits per heavy atom. The Bertz CT molecular complexity index is 73.3. The van der Waals surface area contributed by atoms with Gasteiger partial charge in [-0.2, -0.15) is 0 Å². The highest BCUT2D eigenvalue weighted by atomic mass is 16.4. The van der Waals surface area contributed by atoms with Gasteiger partial charge >= 0.3 is 7.12 Å². The summed E-state index contributed by atoms with van der Waals surface area (Å²) in [5, 5.41) is 16.4. The topological polar surface area (TPSA) is 66.5 Å². The highest BCUT2D eigenvalue weighted by Gasteiger charge is 2.08. The fourth-order valence-corrected chi connectivity index (χ4v) is 0.105. The van der Waals surface area contributed by atoms with Gasteiger partial charge in [0.1, 0.15) is 0 Å². The van der Waals surface area contributed by atoms with Gasteiger partial charge in [-0.1, -0.05) is 0 Å². The highest BCUT2D eigenvalue weighted by molar-refractivity contribution is 6.50. The maximum absolute atomic E-state index is 8.20. The van der Waals surface area contributed by atoms with Gasteiger partial charge in [0.05, 0.1) is 0 Å². The second-order valence-corrected chi connectivity index (χ2v) is 1.24. The minimum atomic E-state index is -1.45. The number of hydrogen-bond acceptors (Lipinski definition) is 3. The first kappa shape index (κ1) is 6.68. The normalized spacial score (nSPS) is 8.43. The molecule has 0 aromatic rings. The third-order valence-electron chi connectivity index (χ3n) is 0.627. The van der Waals surface area contributed by atoms with Crippen LogP contribution in [0.3, 0.4) is 0 Å². The van der Waals surface area contributed by atoms with Crippen molar-refractivity contribution in [2.24, 2.45) is 5.73 Å². The molecule has 0 unspecified atom stereocenters. The van der Waals surface area contributed by atoms with Crippen molar-refractivity contribution in [1.82, 2.24) is 0 Å². The van der Waals surface area contributed by atoms with Crippen LogP contribution in [-0.4, -0.2) is 23.7 Å². The quantitative estimate of drug-likeness (QED) is 0.371. The molecule has 0 aliphatic rings. The molecule has 0 aromatic heterocycles. The standard InChI is InChI=1S/C3H8BNO2/c1-3(2-5)4(6)7/h6-7H,1-2,5H2. The molecule has 0 aromatic carbocycles. The van der Waals surface area contributed by atoms with Gasteiger partial charge in [0.25, 0.3) is 0 Å². The third kappa shape index (κ3) is 2.39. The van der Waals surface area contributed by atoms with Crippen molar-refractivity contribution in [3.05, 3.63) is 12.1 Å². The smallest absolute Gasteiger partial charge is 0.423 e. The van der Waals surface area contributed by atoms with Crippen LogP contribution >= 0.6 is 0 Å². The summed E-state index contributed by atoms with van der Waals surface area (Å²) in [7, 11) is -1.45. The minimum absolute atomic E-state index is 0.123. The molecule has 0 saturated heterocycles. The summed E-state index contributed by atoms with van der Waals surface area (Å²) in [6.07, 6.45) is 0. The molecular weight excluding hydrogens is 92.8 g/mol. The van der Waals surface area contributed by atoms with E-state index in [4.69, 9.17) is 15.8 Å². The van der Waals surface area contributed by atoms with Crippen molar-refractivity contribution < 1.29 is 10.0 Å². The molecular formula is C3H8BNO2. The van der Waals surface area contributed by atoms with Gasteiger partial charge in [-0.3, -0.25) is 0 Å². The van der Waals surface area contributed by atoms with E-state index >= 15 is 0 Å². The lowest BCUT2D eigenvalue weighted by atomic mass is 9.81. The second-order valence-electron chi connectivity index (χ2n) is 1.24. The van der Waals surface area contributed by atoms with Crippen LogP contribution in [0.25, 0.3) is 0 Å². The summed E-state index contributed by atoms with van der Waals surface area (Å²) in [5.74, 6) is 0. The summed E-state index contributed by atoms with van der Waals surface area (Å²) in [4.78, 5) is 0. The van der Waals surface area contributed by atoms with Crippen LogP contribution in [0.15, 0.2) is 12.1 Å². The van der Waals surface area contributed by atoms with E-state index in [-0.39, 0.29) is 12.0 Å². The van der Waals surface area contributed by atoms with Crippen molar-refractivity contribution in [1.29, 1.82) is 0 Å². The maximum atomic E-state index is 8.20. The molecule has 0 amide bonds. The van der Waals surface area contributed by atoms with Crippen molar-refractivity contribution in [3.8, 4) is 0 Å². The number of nitrogens with two attached hydrogens (primary N) is 1. The van der Waals surface area contributed by atoms with Gasteiger partial charge in [-0.15, -0.1) is 6.58 Å². The highest BCUT2D eigenvalue weighted by Crippen LogP contribution is 1.84. The van der Waals surface area contributed by atoms with Gasteiger partial charge in [-0.05, 0) is 5.47 Å². The molecule has 4 heteroatoms. The predicted octanol–water partition coefficient (Wildman–Crippen LogP) is -1.49. The molecule has 0 rings (SSSR count). The molecule has 0 spiro atoms. The van der Waals surface area contributed by atoms with Crippen LogP contribution in [0.1, 0.15) is 0 Å². The van der Waals surface area contributed by atoms with Gasteiger partial charge in [0.15, 0.2) is 0 Å². The van der Waals surface area contributed by atoms with Crippen molar-refractivity contribution in [3.63, 3.8) is 0 Å². The Balaban J connectivity index is 3.35. The lowest BCUT2D eigenvalue weighted by Crippen LogP contribution is -2.20. The van der Waals surface area contributed by atoms with E-state index < -0.39 is 7.12 Å². The molecule has 7 heavy (non-hydrogen) atoms. The maximum Gasteiger partial charge on any atom is 0.484 e. The Kier molecular flexibility index (Phi) is 2.67. The van der Waals surface area contributed by atoms with Gasteiger partial charge < -0.3 is 15.8 Å². The number of hydrogen-bond donors (Lipinski definition) is 3. The molecule has 0 saturated carbocycles. The Morgan fingerprint density at radius 1 is 1.71 bits per heavy atom. The Morgan fingerprint density at radius 3 is 2.14 bits per heavy atom. The summed E-state index contributed by atoms with van der Waals surface area (Å²) in [6.45, 7) is 3.37. The monoisotopic (exact) mass is 101 g/mol. The molecule has 40 valence electrons. The largest absolute Gasteiger partial charge is 0.484 e. The molecule has 0 radical (unpaired) electrons. The van der Waals surface area contributed by atoms with E-state index in [9.17, 15) is 0 Å². The summed E-state index contributed by atoms with van der Waals surface area (Å²) in [6, 6.07) is 0. The Labute approximate surface area is 42.6 Å². The zero-order chi connectivity index (χ0) is 5.86. The average Bonchev–Trinajstić information content (AvgIpc) is 1.65. The van der Waals surface area contributed by atoms with E-state index in [0.717, 1.165) is 0 Å². The van der Waals surface area contributed by atoms with Crippen LogP contribution in [0.5, 0.6) is 0 Å².